The van der Waals surface area contributed by atoms with Crippen molar-refractivity contribution in [2.75, 3.05) is 6.54 Å². The van der Waals surface area contributed by atoms with Crippen LogP contribution < -0.4 is 5.32 Å². The number of furan rings is 1. The van der Waals surface area contributed by atoms with Crippen molar-refractivity contribution in [1.82, 2.24) is 5.32 Å². The van der Waals surface area contributed by atoms with E-state index in [4.69, 9.17) is 9.52 Å². The van der Waals surface area contributed by atoms with Crippen molar-refractivity contribution in [2.45, 2.75) is 39.7 Å². The predicted octanol–water partition coefficient (Wildman–Crippen LogP) is 3.41. The predicted molar refractivity (Wildman–Crippen MR) is 73.4 cm³/mol. The Morgan fingerprint density at radius 1 is 1.44 bits per heavy atom. The molecule has 0 atom stereocenters. The largest absolute Gasteiger partial charge is 0.481 e. The van der Waals surface area contributed by atoms with Crippen molar-refractivity contribution in [1.29, 1.82) is 0 Å². The molecule has 0 amide bonds. The smallest absolute Gasteiger partial charge is 0.303 e. The molecule has 1 heterocycles. The second-order valence-electron chi connectivity index (χ2n) is 5.19. The summed E-state index contributed by atoms with van der Waals surface area (Å²) < 4.78 is 6.11. The van der Waals surface area contributed by atoms with Crippen molar-refractivity contribution in [3.63, 3.8) is 0 Å². The minimum Gasteiger partial charge on any atom is -0.481 e. The van der Waals surface area contributed by atoms with E-state index in [-0.39, 0.29) is 11.8 Å². The first kappa shape index (κ1) is 15.2. The van der Waals surface area contributed by atoms with Gasteiger partial charge in [0.25, 0.3) is 0 Å². The molecule has 0 bridgehead atoms. The molecule has 1 rings (SSSR count). The van der Waals surface area contributed by atoms with Crippen LogP contribution >= 0.6 is 15.9 Å². The summed E-state index contributed by atoms with van der Waals surface area (Å²) in [5.74, 6) is 0.168. The Morgan fingerprint density at radius 2 is 2.17 bits per heavy atom. The molecule has 0 aliphatic heterocycles. The van der Waals surface area contributed by atoms with Gasteiger partial charge in [0.1, 0.15) is 5.76 Å². The zero-order valence-electron chi connectivity index (χ0n) is 10.8. The molecule has 0 aliphatic rings. The van der Waals surface area contributed by atoms with Crippen molar-refractivity contribution < 1.29 is 14.3 Å². The van der Waals surface area contributed by atoms with Crippen LogP contribution in [0.5, 0.6) is 0 Å². The number of halogens is 1. The zero-order chi connectivity index (χ0) is 13.6. The van der Waals surface area contributed by atoms with Gasteiger partial charge in [-0.1, -0.05) is 13.8 Å². The van der Waals surface area contributed by atoms with Gasteiger partial charge in [0.15, 0.2) is 4.67 Å². The first-order chi connectivity index (χ1) is 8.39. The zero-order valence-corrected chi connectivity index (χ0v) is 12.4. The SMILES string of the molecule is CC(C)(CCNCc1ccc(Br)o1)CCC(=O)O. The number of carboxylic acid groups (broad SMARTS) is 1. The van der Waals surface area contributed by atoms with E-state index in [1.54, 1.807) is 0 Å². The molecule has 0 spiro atoms. The number of hydrogen-bond acceptors (Lipinski definition) is 3. The van der Waals surface area contributed by atoms with Gasteiger partial charge < -0.3 is 14.8 Å². The van der Waals surface area contributed by atoms with Gasteiger partial charge in [-0.3, -0.25) is 4.79 Å². The van der Waals surface area contributed by atoms with Gasteiger partial charge in [-0.15, -0.1) is 0 Å². The van der Waals surface area contributed by atoms with Crippen LogP contribution in [0.4, 0.5) is 0 Å². The first-order valence-electron chi connectivity index (χ1n) is 6.06. The van der Waals surface area contributed by atoms with E-state index in [2.05, 4.69) is 35.1 Å². The fourth-order valence-corrected chi connectivity index (χ4v) is 2.00. The van der Waals surface area contributed by atoms with E-state index in [9.17, 15) is 4.79 Å². The van der Waals surface area contributed by atoms with E-state index in [0.29, 0.717) is 13.0 Å². The van der Waals surface area contributed by atoms with Gasteiger partial charge in [0.2, 0.25) is 0 Å². The third kappa shape index (κ3) is 6.21. The van der Waals surface area contributed by atoms with Crippen molar-refractivity contribution in [3.8, 4) is 0 Å². The van der Waals surface area contributed by atoms with E-state index in [0.717, 1.165) is 23.4 Å². The normalized spacial score (nSPS) is 11.7. The summed E-state index contributed by atoms with van der Waals surface area (Å²) in [5.41, 5.74) is 0.0507. The lowest BCUT2D eigenvalue weighted by atomic mass is 9.84. The Labute approximate surface area is 116 Å². The molecule has 2 N–H and O–H groups in total. The summed E-state index contributed by atoms with van der Waals surface area (Å²) in [6.07, 6.45) is 1.89. The average Bonchev–Trinajstić information content (AvgIpc) is 2.68. The number of nitrogens with one attached hydrogen (secondary N) is 1. The van der Waals surface area contributed by atoms with Crippen LogP contribution in [0.2, 0.25) is 0 Å². The Hall–Kier alpha value is -0.810. The van der Waals surface area contributed by atoms with Gasteiger partial charge in [-0.05, 0) is 52.9 Å². The molecule has 4 nitrogen and oxygen atoms in total. The molecule has 0 saturated heterocycles. The number of carbonyl (C=O) groups is 1. The molecule has 0 fully saturated rings. The van der Waals surface area contributed by atoms with Gasteiger partial charge in [0.05, 0.1) is 6.54 Å². The average molecular weight is 318 g/mol. The van der Waals surface area contributed by atoms with E-state index >= 15 is 0 Å². The molecular formula is C13H20BrNO3. The first-order valence-corrected chi connectivity index (χ1v) is 6.85. The van der Waals surface area contributed by atoms with Crippen molar-refractivity contribution in [3.05, 3.63) is 22.6 Å². The molecule has 1 aromatic rings. The van der Waals surface area contributed by atoms with Crippen molar-refractivity contribution in [2.24, 2.45) is 5.41 Å². The van der Waals surface area contributed by atoms with Gasteiger partial charge in [-0.2, -0.15) is 0 Å². The molecule has 0 unspecified atom stereocenters. The van der Waals surface area contributed by atoms with Crippen LogP contribution in [0.3, 0.4) is 0 Å². The Bertz CT molecular complexity index is 387. The molecule has 0 aromatic carbocycles. The van der Waals surface area contributed by atoms with Crippen molar-refractivity contribution >= 4 is 21.9 Å². The van der Waals surface area contributed by atoms with Crippen LogP contribution in [-0.2, 0) is 11.3 Å². The lowest BCUT2D eigenvalue weighted by Gasteiger charge is -2.23. The number of aliphatic carboxylic acids is 1. The monoisotopic (exact) mass is 317 g/mol. The molecule has 102 valence electrons. The second kappa shape index (κ2) is 6.95. The standard InChI is InChI=1S/C13H20BrNO3/c1-13(2,6-5-12(16)17)7-8-15-9-10-3-4-11(14)18-10/h3-4,15H,5-9H2,1-2H3,(H,16,17). The molecule has 0 radical (unpaired) electrons. The summed E-state index contributed by atoms with van der Waals surface area (Å²) >= 11 is 3.26. The maximum atomic E-state index is 10.5. The summed E-state index contributed by atoms with van der Waals surface area (Å²) in [6, 6.07) is 3.79. The summed E-state index contributed by atoms with van der Waals surface area (Å²) in [5, 5.41) is 12.0. The maximum absolute atomic E-state index is 10.5. The highest BCUT2D eigenvalue weighted by atomic mass is 79.9. The molecule has 5 heteroatoms. The fraction of sp³-hybridized carbons (Fsp3) is 0.615. The van der Waals surface area contributed by atoms with Crippen LogP contribution in [0.15, 0.2) is 21.2 Å². The quantitative estimate of drug-likeness (QED) is 0.721. The van der Waals surface area contributed by atoms with Gasteiger partial charge in [0, 0.05) is 6.42 Å². The van der Waals surface area contributed by atoms with Crippen LogP contribution in [0.1, 0.15) is 38.9 Å². The number of rotatable bonds is 8. The molecule has 1 aromatic heterocycles. The summed E-state index contributed by atoms with van der Waals surface area (Å²) in [7, 11) is 0. The van der Waals surface area contributed by atoms with Gasteiger partial charge in [-0.25, -0.2) is 0 Å². The third-order valence-electron chi connectivity index (χ3n) is 2.92. The third-order valence-corrected chi connectivity index (χ3v) is 3.35. The highest BCUT2D eigenvalue weighted by Crippen LogP contribution is 2.26. The maximum Gasteiger partial charge on any atom is 0.303 e. The lowest BCUT2D eigenvalue weighted by molar-refractivity contribution is -0.137. The van der Waals surface area contributed by atoms with Crippen LogP contribution in [0.25, 0.3) is 0 Å². The van der Waals surface area contributed by atoms with Gasteiger partial charge >= 0.3 is 5.97 Å². The van der Waals surface area contributed by atoms with E-state index < -0.39 is 5.97 Å². The van der Waals surface area contributed by atoms with E-state index in [1.165, 1.54) is 0 Å². The molecule has 0 aliphatic carbocycles. The number of carboxylic acids is 1. The van der Waals surface area contributed by atoms with Crippen LogP contribution in [0, 0.1) is 5.41 Å². The topological polar surface area (TPSA) is 62.5 Å². The molecule has 0 saturated carbocycles. The summed E-state index contributed by atoms with van der Waals surface area (Å²) in [4.78, 5) is 10.5. The van der Waals surface area contributed by atoms with E-state index in [1.807, 2.05) is 12.1 Å². The lowest BCUT2D eigenvalue weighted by Crippen LogP contribution is -2.22. The second-order valence-corrected chi connectivity index (χ2v) is 5.97. The molecule has 18 heavy (non-hydrogen) atoms. The van der Waals surface area contributed by atoms with Crippen LogP contribution in [-0.4, -0.2) is 17.6 Å². The Kier molecular flexibility index (Phi) is 5.88. The highest BCUT2D eigenvalue weighted by molar-refractivity contribution is 9.10. The minimum absolute atomic E-state index is 0.0507. The summed E-state index contributed by atoms with van der Waals surface area (Å²) in [6.45, 7) is 5.74. The fourth-order valence-electron chi connectivity index (χ4n) is 1.66. The minimum atomic E-state index is -0.725. The molecular weight excluding hydrogens is 298 g/mol. The Balaban J connectivity index is 2.18. The highest BCUT2D eigenvalue weighted by Gasteiger charge is 2.18. The number of hydrogen-bond donors (Lipinski definition) is 2. The Morgan fingerprint density at radius 3 is 2.72 bits per heavy atom.